The molecule has 0 radical (unpaired) electrons. The van der Waals surface area contributed by atoms with E-state index in [1.807, 2.05) is 13.0 Å². The maximum Gasteiger partial charge on any atom is 0.317 e. The summed E-state index contributed by atoms with van der Waals surface area (Å²) in [5.41, 5.74) is 0. The largest absolute Gasteiger partial charge is 0.393 e. The molecule has 1 heterocycles. The second-order valence-electron chi connectivity index (χ2n) is 5.35. The summed E-state index contributed by atoms with van der Waals surface area (Å²) >= 11 is 3.03. The first kappa shape index (κ1) is 20.2. The Hall–Kier alpha value is -0.810. The Kier molecular flexibility index (Phi) is 12.4. The Labute approximate surface area is 134 Å². The van der Waals surface area contributed by atoms with E-state index in [0.717, 1.165) is 12.8 Å². The zero-order valence-electron chi connectivity index (χ0n) is 13.2. The lowest BCUT2D eigenvalue weighted by atomic mass is 9.86. The van der Waals surface area contributed by atoms with Crippen LogP contribution in [0.2, 0.25) is 0 Å². The van der Waals surface area contributed by atoms with Gasteiger partial charge in [-0.2, -0.15) is 0 Å². The SMILES string of the molecule is C/C=C/C(CCCCCCCC)C1CC(=O)OC1=O.NS. The van der Waals surface area contributed by atoms with E-state index in [2.05, 4.69) is 35.7 Å². The molecule has 0 aromatic rings. The normalized spacial score (nSPS) is 19.3. The van der Waals surface area contributed by atoms with Crippen LogP contribution in [0.15, 0.2) is 12.2 Å². The van der Waals surface area contributed by atoms with Crippen LogP contribution in [-0.2, 0) is 14.3 Å². The monoisotopic (exact) mass is 315 g/mol. The van der Waals surface area contributed by atoms with Crippen molar-refractivity contribution in [1.82, 2.24) is 0 Å². The molecule has 0 aromatic heterocycles. The van der Waals surface area contributed by atoms with Gasteiger partial charge in [0.1, 0.15) is 0 Å². The summed E-state index contributed by atoms with van der Waals surface area (Å²) in [5.74, 6) is -0.791. The second-order valence-corrected chi connectivity index (χ2v) is 5.35. The summed E-state index contributed by atoms with van der Waals surface area (Å²) < 4.78 is 4.65. The molecule has 1 aliphatic rings. The molecule has 2 atom stereocenters. The van der Waals surface area contributed by atoms with E-state index in [9.17, 15) is 9.59 Å². The Balaban J connectivity index is 0.00000191. The summed E-state index contributed by atoms with van der Waals surface area (Å²) in [5, 5.41) is 4.19. The van der Waals surface area contributed by atoms with E-state index >= 15 is 0 Å². The molecular formula is C16H29NO3S. The van der Waals surface area contributed by atoms with E-state index in [1.165, 1.54) is 32.1 Å². The summed E-state index contributed by atoms with van der Waals surface area (Å²) in [6.45, 7) is 4.17. The summed E-state index contributed by atoms with van der Waals surface area (Å²) in [4.78, 5) is 22.8. The third-order valence-electron chi connectivity index (χ3n) is 3.75. The molecule has 21 heavy (non-hydrogen) atoms. The quantitative estimate of drug-likeness (QED) is 0.223. The van der Waals surface area contributed by atoms with Gasteiger partial charge in [0.15, 0.2) is 0 Å². The predicted octanol–water partition coefficient (Wildman–Crippen LogP) is 3.81. The third kappa shape index (κ3) is 8.27. The molecule has 0 amide bonds. The molecule has 1 saturated heterocycles. The van der Waals surface area contributed by atoms with Crippen molar-refractivity contribution in [2.24, 2.45) is 17.0 Å². The minimum absolute atomic E-state index is 0.162. The first-order chi connectivity index (χ1) is 10.2. The first-order valence-electron chi connectivity index (χ1n) is 7.82. The second kappa shape index (κ2) is 12.9. The van der Waals surface area contributed by atoms with Crippen molar-refractivity contribution < 1.29 is 14.3 Å². The predicted molar refractivity (Wildman–Crippen MR) is 88.7 cm³/mol. The number of unbranched alkanes of at least 4 members (excludes halogenated alkanes) is 5. The Bertz CT molecular complexity index is 331. The lowest BCUT2D eigenvalue weighted by molar-refractivity contribution is -0.153. The van der Waals surface area contributed by atoms with Crippen molar-refractivity contribution in [2.45, 2.75) is 65.2 Å². The fraction of sp³-hybridized carbons (Fsp3) is 0.750. The van der Waals surface area contributed by atoms with Crippen molar-refractivity contribution in [2.75, 3.05) is 0 Å². The number of allylic oxidation sites excluding steroid dienone is 2. The smallest absolute Gasteiger partial charge is 0.317 e. The van der Waals surface area contributed by atoms with Crippen LogP contribution in [0.1, 0.15) is 65.2 Å². The zero-order valence-corrected chi connectivity index (χ0v) is 14.1. The lowest BCUT2D eigenvalue weighted by Gasteiger charge is -2.16. The number of thiol groups is 1. The van der Waals surface area contributed by atoms with E-state index in [0.29, 0.717) is 0 Å². The van der Waals surface area contributed by atoms with Gasteiger partial charge in [0.2, 0.25) is 0 Å². The van der Waals surface area contributed by atoms with Crippen LogP contribution in [0.4, 0.5) is 0 Å². The minimum atomic E-state index is -0.368. The molecule has 1 aliphatic heterocycles. The van der Waals surface area contributed by atoms with Gasteiger partial charge < -0.3 is 4.74 Å². The average molecular weight is 315 g/mol. The van der Waals surface area contributed by atoms with Crippen LogP contribution in [0.3, 0.4) is 0 Å². The van der Waals surface area contributed by atoms with Crippen LogP contribution in [0.5, 0.6) is 0 Å². The number of carbonyl (C=O) groups is 2. The van der Waals surface area contributed by atoms with Crippen molar-refractivity contribution in [1.29, 1.82) is 0 Å². The van der Waals surface area contributed by atoms with Crippen LogP contribution in [0, 0.1) is 11.8 Å². The molecule has 122 valence electrons. The molecule has 1 fully saturated rings. The molecule has 0 aromatic carbocycles. The molecule has 1 rings (SSSR count). The third-order valence-corrected chi connectivity index (χ3v) is 3.75. The highest BCUT2D eigenvalue weighted by Gasteiger charge is 2.37. The number of rotatable bonds is 9. The maximum atomic E-state index is 11.6. The fourth-order valence-electron chi connectivity index (χ4n) is 2.66. The first-order valence-corrected chi connectivity index (χ1v) is 8.33. The molecule has 4 nitrogen and oxygen atoms in total. The molecule has 5 heteroatoms. The molecule has 0 bridgehead atoms. The minimum Gasteiger partial charge on any atom is -0.393 e. The van der Waals surface area contributed by atoms with Gasteiger partial charge in [0.05, 0.1) is 12.3 Å². The highest BCUT2D eigenvalue weighted by atomic mass is 32.1. The van der Waals surface area contributed by atoms with Gasteiger partial charge >= 0.3 is 11.9 Å². The maximum absolute atomic E-state index is 11.6. The number of ether oxygens (including phenoxy) is 1. The Morgan fingerprint density at radius 1 is 1.24 bits per heavy atom. The average Bonchev–Trinajstić information content (AvgIpc) is 2.82. The highest BCUT2D eigenvalue weighted by molar-refractivity contribution is 7.77. The van der Waals surface area contributed by atoms with Gasteiger partial charge in [-0.25, -0.2) is 0 Å². The van der Waals surface area contributed by atoms with Crippen LogP contribution >= 0.6 is 12.8 Å². The van der Waals surface area contributed by atoms with E-state index < -0.39 is 0 Å². The number of hydrogen-bond donors (Lipinski definition) is 2. The van der Waals surface area contributed by atoms with Gasteiger partial charge in [-0.1, -0.05) is 57.6 Å². The molecule has 0 spiro atoms. The molecule has 0 saturated carbocycles. The fourth-order valence-corrected chi connectivity index (χ4v) is 2.66. The van der Waals surface area contributed by atoms with Gasteiger partial charge in [-0.15, -0.1) is 12.8 Å². The summed E-state index contributed by atoms with van der Waals surface area (Å²) in [6.07, 6.45) is 12.7. The van der Waals surface area contributed by atoms with E-state index in [-0.39, 0.29) is 30.2 Å². The molecule has 2 N–H and O–H groups in total. The Morgan fingerprint density at radius 3 is 2.38 bits per heavy atom. The van der Waals surface area contributed by atoms with Crippen LogP contribution < -0.4 is 5.14 Å². The van der Waals surface area contributed by atoms with E-state index in [1.54, 1.807) is 0 Å². The highest BCUT2D eigenvalue weighted by Crippen LogP contribution is 2.29. The van der Waals surface area contributed by atoms with Crippen molar-refractivity contribution in [3.8, 4) is 0 Å². The van der Waals surface area contributed by atoms with Gasteiger partial charge in [0.25, 0.3) is 0 Å². The Morgan fingerprint density at radius 2 is 1.86 bits per heavy atom. The van der Waals surface area contributed by atoms with Gasteiger partial charge in [-0.3, -0.25) is 14.7 Å². The molecular weight excluding hydrogens is 286 g/mol. The van der Waals surface area contributed by atoms with Crippen LogP contribution in [0.25, 0.3) is 0 Å². The number of esters is 2. The standard InChI is InChI=1S/C16H26O3.H3NS/c1-3-5-6-7-8-9-11-13(10-4-2)14-12-15(17)19-16(14)18;1-2/h4,10,13-14H,3,5-9,11-12H2,1-2H3;2H,1H2/b10-4+;. The number of hydrogen-bond acceptors (Lipinski definition) is 5. The summed E-state index contributed by atoms with van der Waals surface area (Å²) in [7, 11) is 0. The lowest BCUT2D eigenvalue weighted by Crippen LogP contribution is -2.17. The van der Waals surface area contributed by atoms with Crippen molar-refractivity contribution >= 4 is 24.8 Å². The van der Waals surface area contributed by atoms with Crippen molar-refractivity contribution in [3.05, 3.63) is 12.2 Å². The van der Waals surface area contributed by atoms with Gasteiger partial charge in [-0.05, 0) is 19.3 Å². The molecule has 2 unspecified atom stereocenters. The summed E-state index contributed by atoms with van der Waals surface area (Å²) in [6, 6.07) is 0. The number of carbonyl (C=O) groups excluding carboxylic acids is 2. The van der Waals surface area contributed by atoms with Crippen molar-refractivity contribution in [3.63, 3.8) is 0 Å². The zero-order chi connectivity index (χ0) is 16.1. The number of nitrogens with two attached hydrogens (primary N) is 1. The number of cyclic esters (lactones) is 2. The van der Waals surface area contributed by atoms with E-state index in [4.69, 9.17) is 0 Å². The molecule has 0 aliphatic carbocycles. The topological polar surface area (TPSA) is 69.4 Å². The van der Waals surface area contributed by atoms with Gasteiger partial charge in [0, 0.05) is 0 Å². The van der Waals surface area contributed by atoms with Crippen LogP contribution in [-0.4, -0.2) is 11.9 Å².